The summed E-state index contributed by atoms with van der Waals surface area (Å²) in [5, 5.41) is 19.0. The Morgan fingerprint density at radius 3 is 2.45 bits per heavy atom. The maximum atomic E-state index is 12.1. The first-order valence-electron chi connectivity index (χ1n) is 6.39. The number of hydrogen-bond donors (Lipinski definition) is 2. The number of benzene rings is 1. The van der Waals surface area contributed by atoms with Crippen molar-refractivity contribution < 1.29 is 22.8 Å². The Morgan fingerprint density at radius 2 is 1.95 bits per heavy atom. The topological polar surface area (TPSA) is 83.8 Å². The molecule has 7 heteroatoms. The Labute approximate surface area is 120 Å². The molecule has 1 aliphatic carbocycles. The molecule has 2 rings (SSSR count). The fourth-order valence-electron chi connectivity index (χ4n) is 2.36. The number of rotatable bonds is 4. The van der Waals surface area contributed by atoms with Gasteiger partial charge in [-0.3, -0.25) is 4.18 Å². The van der Waals surface area contributed by atoms with Gasteiger partial charge in [0.15, 0.2) is 0 Å². The van der Waals surface area contributed by atoms with E-state index < -0.39 is 34.1 Å². The highest BCUT2D eigenvalue weighted by Crippen LogP contribution is 2.37. The molecule has 4 unspecified atom stereocenters. The van der Waals surface area contributed by atoms with Gasteiger partial charge in [-0.1, -0.05) is 17.7 Å². The first-order valence-corrected chi connectivity index (χ1v) is 7.80. The van der Waals surface area contributed by atoms with Gasteiger partial charge in [0, 0.05) is 12.5 Å². The number of aliphatic hydroxyl groups excluding tert-OH is 2. The number of aliphatic hydroxyl groups is 2. The Balaban J connectivity index is 2.18. The second-order valence-electron chi connectivity index (χ2n) is 5.16. The highest BCUT2D eigenvalue weighted by Gasteiger charge is 2.42. The van der Waals surface area contributed by atoms with Crippen LogP contribution in [0, 0.1) is 12.8 Å². The predicted molar refractivity (Wildman–Crippen MR) is 73.9 cm³/mol. The minimum Gasteiger partial charge on any atom is -0.396 e. The highest BCUT2D eigenvalue weighted by molar-refractivity contribution is 7.86. The standard InChI is InChI=1S/C13H17BO5S/c1-8-2-4-10(5-3-8)20(17,18)19-13-11(14)6-9(7-15)12(13)16/h2-5,9,11-13,15-16H,6-7H2,1H3. The quantitative estimate of drug-likeness (QED) is 0.620. The average Bonchev–Trinajstić information content (AvgIpc) is 2.66. The SMILES string of the molecule is [B]C1CC(CO)C(O)C1OS(=O)(=O)c1ccc(C)cc1. The molecule has 1 aliphatic rings. The van der Waals surface area contributed by atoms with Gasteiger partial charge < -0.3 is 10.2 Å². The van der Waals surface area contributed by atoms with Crippen molar-refractivity contribution in [2.45, 2.75) is 36.3 Å². The lowest BCUT2D eigenvalue weighted by atomic mass is 9.84. The van der Waals surface area contributed by atoms with Crippen LogP contribution >= 0.6 is 0 Å². The minimum absolute atomic E-state index is 0.0231. The molecule has 0 saturated heterocycles. The molecule has 0 bridgehead atoms. The monoisotopic (exact) mass is 296 g/mol. The summed E-state index contributed by atoms with van der Waals surface area (Å²) in [6.07, 6.45) is -1.79. The summed E-state index contributed by atoms with van der Waals surface area (Å²) in [6.45, 7) is 1.60. The first-order chi connectivity index (χ1) is 9.35. The highest BCUT2D eigenvalue weighted by atomic mass is 32.2. The van der Waals surface area contributed by atoms with Gasteiger partial charge in [0.25, 0.3) is 10.1 Å². The van der Waals surface area contributed by atoms with Gasteiger partial charge in [-0.25, -0.2) is 0 Å². The van der Waals surface area contributed by atoms with Crippen LogP contribution in [0.1, 0.15) is 12.0 Å². The van der Waals surface area contributed by atoms with E-state index in [9.17, 15) is 13.5 Å². The molecule has 2 N–H and O–H groups in total. The van der Waals surface area contributed by atoms with E-state index in [1.54, 1.807) is 12.1 Å². The molecule has 1 aromatic carbocycles. The van der Waals surface area contributed by atoms with Crippen LogP contribution in [-0.2, 0) is 14.3 Å². The van der Waals surface area contributed by atoms with E-state index in [4.69, 9.17) is 17.1 Å². The Hall–Kier alpha value is -0.885. The summed E-state index contributed by atoms with van der Waals surface area (Å²) >= 11 is 0. The maximum absolute atomic E-state index is 12.1. The van der Waals surface area contributed by atoms with Gasteiger partial charge >= 0.3 is 0 Å². The van der Waals surface area contributed by atoms with Crippen LogP contribution in [0.15, 0.2) is 29.2 Å². The zero-order valence-corrected chi connectivity index (χ0v) is 12.0. The van der Waals surface area contributed by atoms with Crippen molar-refractivity contribution in [2.75, 3.05) is 6.61 Å². The molecular weight excluding hydrogens is 279 g/mol. The van der Waals surface area contributed by atoms with Crippen molar-refractivity contribution >= 4 is 18.0 Å². The lowest BCUT2D eigenvalue weighted by Gasteiger charge is -2.20. The number of aryl methyl sites for hydroxylation is 1. The summed E-state index contributed by atoms with van der Waals surface area (Å²) in [6, 6.07) is 6.22. The average molecular weight is 296 g/mol. The fraction of sp³-hybridized carbons (Fsp3) is 0.538. The van der Waals surface area contributed by atoms with Crippen molar-refractivity contribution in [3.05, 3.63) is 29.8 Å². The Kier molecular flexibility index (Phi) is 4.54. The lowest BCUT2D eigenvalue weighted by molar-refractivity contribution is 0.0219. The molecule has 1 saturated carbocycles. The van der Waals surface area contributed by atoms with Gasteiger partial charge in [-0.15, -0.1) is 0 Å². The molecule has 2 radical (unpaired) electrons. The molecule has 5 nitrogen and oxygen atoms in total. The van der Waals surface area contributed by atoms with E-state index in [1.165, 1.54) is 12.1 Å². The van der Waals surface area contributed by atoms with Crippen molar-refractivity contribution in [3.63, 3.8) is 0 Å². The van der Waals surface area contributed by atoms with Gasteiger partial charge in [-0.2, -0.15) is 8.42 Å². The van der Waals surface area contributed by atoms with E-state index in [1.807, 2.05) is 6.92 Å². The van der Waals surface area contributed by atoms with Crippen LogP contribution in [0.2, 0.25) is 5.82 Å². The van der Waals surface area contributed by atoms with E-state index in [2.05, 4.69) is 0 Å². The minimum atomic E-state index is -3.98. The van der Waals surface area contributed by atoms with Crippen molar-refractivity contribution in [2.24, 2.45) is 5.92 Å². The normalized spacial score (nSPS) is 30.6. The van der Waals surface area contributed by atoms with Gasteiger partial charge in [0.1, 0.15) is 0 Å². The molecule has 0 amide bonds. The van der Waals surface area contributed by atoms with Crippen molar-refractivity contribution in [1.82, 2.24) is 0 Å². The molecule has 1 fully saturated rings. The summed E-state index contributed by atoms with van der Waals surface area (Å²) in [5.41, 5.74) is 0.932. The summed E-state index contributed by atoms with van der Waals surface area (Å²) < 4.78 is 29.3. The number of hydrogen-bond acceptors (Lipinski definition) is 5. The second kappa shape index (κ2) is 5.85. The van der Waals surface area contributed by atoms with Gasteiger partial charge in [0.05, 0.1) is 24.9 Å². The molecule has 0 heterocycles. The maximum Gasteiger partial charge on any atom is 0.297 e. The van der Waals surface area contributed by atoms with Crippen LogP contribution < -0.4 is 0 Å². The van der Waals surface area contributed by atoms with Gasteiger partial charge in [-0.05, 0) is 31.3 Å². The largest absolute Gasteiger partial charge is 0.396 e. The third kappa shape index (κ3) is 3.06. The summed E-state index contributed by atoms with van der Waals surface area (Å²) in [5.74, 6) is -1.08. The van der Waals surface area contributed by atoms with Crippen LogP contribution in [0.4, 0.5) is 0 Å². The Bertz CT molecular complexity index is 557. The fourth-order valence-corrected chi connectivity index (χ4v) is 3.49. The molecule has 4 atom stereocenters. The first kappa shape index (κ1) is 15.5. The second-order valence-corrected chi connectivity index (χ2v) is 6.73. The predicted octanol–water partition coefficient (Wildman–Crippen LogP) is 0.399. The van der Waals surface area contributed by atoms with Crippen LogP contribution in [0.5, 0.6) is 0 Å². The molecule has 0 spiro atoms. The van der Waals surface area contributed by atoms with Gasteiger partial charge in [0.2, 0.25) is 0 Å². The third-order valence-corrected chi connectivity index (χ3v) is 4.92. The molecular formula is C13H17BO5S. The van der Waals surface area contributed by atoms with E-state index in [0.717, 1.165) is 5.56 Å². The summed E-state index contributed by atoms with van der Waals surface area (Å²) in [4.78, 5) is 0.0231. The van der Waals surface area contributed by atoms with Crippen molar-refractivity contribution in [3.8, 4) is 0 Å². The summed E-state index contributed by atoms with van der Waals surface area (Å²) in [7, 11) is 1.80. The van der Waals surface area contributed by atoms with E-state index in [0.29, 0.717) is 6.42 Å². The smallest absolute Gasteiger partial charge is 0.297 e. The van der Waals surface area contributed by atoms with Crippen LogP contribution in [0.25, 0.3) is 0 Å². The molecule has 108 valence electrons. The molecule has 0 aliphatic heterocycles. The molecule has 20 heavy (non-hydrogen) atoms. The zero-order chi connectivity index (χ0) is 14.9. The van der Waals surface area contributed by atoms with E-state index >= 15 is 0 Å². The van der Waals surface area contributed by atoms with Crippen LogP contribution in [-0.4, -0.2) is 45.3 Å². The zero-order valence-electron chi connectivity index (χ0n) is 11.1. The third-order valence-electron chi connectivity index (χ3n) is 3.60. The van der Waals surface area contributed by atoms with Crippen molar-refractivity contribution in [1.29, 1.82) is 0 Å². The van der Waals surface area contributed by atoms with E-state index in [-0.39, 0.29) is 11.5 Å². The molecule has 0 aromatic heterocycles. The van der Waals surface area contributed by atoms with Crippen LogP contribution in [0.3, 0.4) is 0 Å². The Morgan fingerprint density at radius 1 is 1.35 bits per heavy atom. The molecule has 1 aromatic rings. The lowest BCUT2D eigenvalue weighted by Crippen LogP contribution is -2.33.